The van der Waals surface area contributed by atoms with E-state index in [0.29, 0.717) is 30.4 Å². The van der Waals surface area contributed by atoms with Crippen molar-refractivity contribution in [3.8, 4) is 5.75 Å². The summed E-state index contributed by atoms with van der Waals surface area (Å²) in [6.07, 6.45) is 0.977. The van der Waals surface area contributed by atoms with Crippen LogP contribution in [0.1, 0.15) is 33.6 Å². The molecule has 1 unspecified atom stereocenters. The summed E-state index contributed by atoms with van der Waals surface area (Å²) in [6.45, 7) is 7.85. The van der Waals surface area contributed by atoms with Gasteiger partial charge < -0.3 is 14.7 Å². The number of carboxylic acids is 1. The Labute approximate surface area is 166 Å². The second kappa shape index (κ2) is 9.95. The number of rotatable bonds is 8. The molecule has 0 aliphatic carbocycles. The van der Waals surface area contributed by atoms with E-state index in [1.54, 1.807) is 24.3 Å². The second-order valence-corrected chi connectivity index (χ2v) is 7.69. The fourth-order valence-electron chi connectivity index (χ4n) is 3.46. The zero-order valence-electron chi connectivity index (χ0n) is 16.2. The Bertz CT molecular complexity index is 645. The molecule has 1 aromatic carbocycles. The van der Waals surface area contributed by atoms with E-state index in [4.69, 9.17) is 21.4 Å². The normalized spacial score (nSPS) is 16.6. The zero-order valence-corrected chi connectivity index (χ0v) is 17.0. The van der Waals surface area contributed by atoms with Crippen LogP contribution in [-0.4, -0.2) is 65.1 Å². The van der Waals surface area contributed by atoms with Gasteiger partial charge in [0.05, 0.1) is 6.54 Å². The van der Waals surface area contributed by atoms with Gasteiger partial charge in [0.2, 0.25) is 0 Å². The SMILES string of the molecule is CCN(CC(=O)O)C1CCN(C(=O)C(Oc2cccc(Cl)c2)C(C)C)CC1. The molecule has 2 rings (SSSR count). The number of carbonyl (C=O) groups is 2. The van der Waals surface area contributed by atoms with Crippen LogP contribution in [-0.2, 0) is 9.59 Å². The van der Waals surface area contributed by atoms with Gasteiger partial charge >= 0.3 is 5.97 Å². The van der Waals surface area contributed by atoms with Crippen LogP contribution in [0.25, 0.3) is 0 Å². The number of nitrogens with zero attached hydrogens (tertiary/aromatic N) is 2. The van der Waals surface area contributed by atoms with Gasteiger partial charge in [-0.25, -0.2) is 0 Å². The smallest absolute Gasteiger partial charge is 0.317 e. The van der Waals surface area contributed by atoms with Crippen molar-refractivity contribution in [3.05, 3.63) is 29.3 Å². The lowest BCUT2D eigenvalue weighted by atomic mass is 10.00. The molecule has 0 saturated carbocycles. The van der Waals surface area contributed by atoms with Crippen LogP contribution >= 0.6 is 11.6 Å². The number of aliphatic carboxylic acids is 1. The highest BCUT2D eigenvalue weighted by Crippen LogP contribution is 2.23. The molecule has 27 heavy (non-hydrogen) atoms. The van der Waals surface area contributed by atoms with Crippen molar-refractivity contribution < 1.29 is 19.4 Å². The van der Waals surface area contributed by atoms with Gasteiger partial charge in [0.25, 0.3) is 5.91 Å². The third kappa shape index (κ3) is 6.11. The molecule has 1 aliphatic heterocycles. The molecule has 0 spiro atoms. The Morgan fingerprint density at radius 1 is 1.33 bits per heavy atom. The molecule has 1 atom stereocenters. The maximum atomic E-state index is 13.0. The van der Waals surface area contributed by atoms with Crippen molar-refractivity contribution in [1.29, 1.82) is 0 Å². The first kappa shape index (κ1) is 21.5. The summed E-state index contributed by atoms with van der Waals surface area (Å²) in [5, 5.41) is 9.62. The molecule has 6 nitrogen and oxygen atoms in total. The molecular weight excluding hydrogens is 368 g/mol. The Morgan fingerprint density at radius 2 is 2.00 bits per heavy atom. The number of carbonyl (C=O) groups excluding carboxylic acids is 1. The molecule has 150 valence electrons. The van der Waals surface area contributed by atoms with Gasteiger partial charge in [-0.15, -0.1) is 0 Å². The number of likely N-dealkylation sites (N-methyl/N-ethyl adjacent to an activating group) is 1. The van der Waals surface area contributed by atoms with Gasteiger partial charge in [-0.05, 0) is 43.5 Å². The third-order valence-corrected chi connectivity index (χ3v) is 5.18. The first-order valence-electron chi connectivity index (χ1n) is 9.48. The van der Waals surface area contributed by atoms with Crippen molar-refractivity contribution in [2.75, 3.05) is 26.2 Å². The molecule has 1 aromatic rings. The van der Waals surface area contributed by atoms with Crippen LogP contribution in [0.5, 0.6) is 5.75 Å². The van der Waals surface area contributed by atoms with Crippen LogP contribution < -0.4 is 4.74 Å². The molecule has 1 saturated heterocycles. The lowest BCUT2D eigenvalue weighted by molar-refractivity contribution is -0.144. The maximum Gasteiger partial charge on any atom is 0.317 e. The Kier molecular flexibility index (Phi) is 7.92. The lowest BCUT2D eigenvalue weighted by Crippen LogP contribution is -2.52. The van der Waals surface area contributed by atoms with Crippen LogP contribution in [0, 0.1) is 5.92 Å². The summed E-state index contributed by atoms with van der Waals surface area (Å²) in [4.78, 5) is 27.8. The van der Waals surface area contributed by atoms with Crippen molar-refractivity contribution >= 4 is 23.5 Å². The quantitative estimate of drug-likeness (QED) is 0.731. The fourth-order valence-corrected chi connectivity index (χ4v) is 3.64. The lowest BCUT2D eigenvalue weighted by Gasteiger charge is -2.39. The summed E-state index contributed by atoms with van der Waals surface area (Å²) in [5.74, 6) is -0.230. The van der Waals surface area contributed by atoms with Crippen LogP contribution in [0.15, 0.2) is 24.3 Å². The number of ether oxygens (including phenoxy) is 1. The van der Waals surface area contributed by atoms with E-state index in [-0.39, 0.29) is 24.4 Å². The molecule has 0 aromatic heterocycles. The third-order valence-electron chi connectivity index (χ3n) is 4.95. The van der Waals surface area contributed by atoms with Gasteiger partial charge in [0, 0.05) is 24.2 Å². The summed E-state index contributed by atoms with van der Waals surface area (Å²) in [7, 11) is 0. The minimum Gasteiger partial charge on any atom is -0.480 e. The summed E-state index contributed by atoms with van der Waals surface area (Å²) < 4.78 is 5.96. The summed E-state index contributed by atoms with van der Waals surface area (Å²) in [5.41, 5.74) is 0. The Morgan fingerprint density at radius 3 is 2.52 bits per heavy atom. The number of likely N-dealkylation sites (tertiary alicyclic amines) is 1. The predicted molar refractivity (Wildman–Crippen MR) is 105 cm³/mol. The van der Waals surface area contributed by atoms with Crippen LogP contribution in [0.3, 0.4) is 0 Å². The van der Waals surface area contributed by atoms with E-state index in [1.807, 2.05) is 30.6 Å². The van der Waals surface area contributed by atoms with Crippen molar-refractivity contribution in [1.82, 2.24) is 9.80 Å². The van der Waals surface area contributed by atoms with Gasteiger partial charge in [-0.3, -0.25) is 14.5 Å². The van der Waals surface area contributed by atoms with Crippen molar-refractivity contribution in [3.63, 3.8) is 0 Å². The highest BCUT2D eigenvalue weighted by molar-refractivity contribution is 6.30. The second-order valence-electron chi connectivity index (χ2n) is 7.25. The number of amides is 1. The van der Waals surface area contributed by atoms with E-state index in [0.717, 1.165) is 12.8 Å². The Hall–Kier alpha value is -1.79. The number of halogens is 1. The number of hydrogen-bond acceptors (Lipinski definition) is 4. The monoisotopic (exact) mass is 396 g/mol. The highest BCUT2D eigenvalue weighted by Gasteiger charge is 2.33. The van der Waals surface area contributed by atoms with Gasteiger partial charge in [0.1, 0.15) is 5.75 Å². The molecule has 1 heterocycles. The standard InChI is InChI=1S/C20H29ClN2O4/c1-4-22(13-18(24)25)16-8-10-23(11-9-16)20(26)19(14(2)3)27-17-7-5-6-15(21)12-17/h5-7,12,14,16,19H,4,8-11,13H2,1-3H3,(H,24,25). The molecule has 1 N–H and O–H groups in total. The molecule has 1 aliphatic rings. The predicted octanol–water partition coefficient (Wildman–Crippen LogP) is 3.14. The van der Waals surface area contributed by atoms with Gasteiger partial charge in [-0.1, -0.05) is 38.4 Å². The van der Waals surface area contributed by atoms with Gasteiger partial charge in [0.15, 0.2) is 6.10 Å². The zero-order chi connectivity index (χ0) is 20.0. The molecule has 7 heteroatoms. The number of piperidine rings is 1. The fraction of sp³-hybridized carbons (Fsp3) is 0.600. The number of benzene rings is 1. The van der Waals surface area contributed by atoms with E-state index in [1.165, 1.54) is 0 Å². The summed E-state index contributed by atoms with van der Waals surface area (Å²) in [6, 6.07) is 7.27. The van der Waals surface area contributed by atoms with Crippen LogP contribution in [0.2, 0.25) is 5.02 Å². The first-order chi connectivity index (χ1) is 12.8. The van der Waals surface area contributed by atoms with Crippen LogP contribution in [0.4, 0.5) is 0 Å². The molecule has 1 amide bonds. The molecule has 1 fully saturated rings. The topological polar surface area (TPSA) is 70.1 Å². The average molecular weight is 397 g/mol. The van der Waals surface area contributed by atoms with E-state index < -0.39 is 12.1 Å². The maximum absolute atomic E-state index is 13.0. The molecule has 0 radical (unpaired) electrons. The Balaban J connectivity index is 1.98. The number of carboxylic acid groups (broad SMARTS) is 1. The van der Waals surface area contributed by atoms with E-state index >= 15 is 0 Å². The van der Waals surface area contributed by atoms with Crippen molar-refractivity contribution in [2.24, 2.45) is 5.92 Å². The minimum absolute atomic E-state index is 0.0216. The minimum atomic E-state index is -0.815. The largest absolute Gasteiger partial charge is 0.480 e. The van der Waals surface area contributed by atoms with E-state index in [9.17, 15) is 9.59 Å². The number of hydrogen-bond donors (Lipinski definition) is 1. The summed E-state index contributed by atoms with van der Waals surface area (Å²) >= 11 is 6.01. The van der Waals surface area contributed by atoms with E-state index in [2.05, 4.69) is 0 Å². The first-order valence-corrected chi connectivity index (χ1v) is 9.86. The highest BCUT2D eigenvalue weighted by atomic mass is 35.5. The average Bonchev–Trinajstić information content (AvgIpc) is 2.63. The van der Waals surface area contributed by atoms with Crippen molar-refractivity contribution in [2.45, 2.75) is 45.8 Å². The van der Waals surface area contributed by atoms with Gasteiger partial charge in [-0.2, -0.15) is 0 Å². The molecular formula is C20H29ClN2O4. The molecule has 0 bridgehead atoms.